The number of hydrogen-bond acceptors (Lipinski definition) is 4. The SMILES string of the molecule is O=C(NCc1ccco1)C(=O)N/N=C/c1ccc(Cl)cc1. The minimum atomic E-state index is -0.855. The first-order valence-corrected chi connectivity index (χ1v) is 6.42. The van der Waals surface area contributed by atoms with E-state index in [4.69, 9.17) is 16.0 Å². The fourth-order valence-corrected chi connectivity index (χ4v) is 1.55. The van der Waals surface area contributed by atoms with Gasteiger partial charge in [0.15, 0.2) is 0 Å². The van der Waals surface area contributed by atoms with Crippen LogP contribution in [0.25, 0.3) is 0 Å². The summed E-state index contributed by atoms with van der Waals surface area (Å²) in [6.07, 6.45) is 2.89. The fraction of sp³-hybridized carbons (Fsp3) is 0.0714. The molecule has 0 saturated carbocycles. The first kappa shape index (κ1) is 14.8. The molecule has 2 amide bonds. The van der Waals surface area contributed by atoms with Gasteiger partial charge in [-0.3, -0.25) is 9.59 Å². The number of nitrogens with one attached hydrogen (secondary N) is 2. The van der Waals surface area contributed by atoms with E-state index in [0.717, 1.165) is 5.56 Å². The number of amides is 2. The van der Waals surface area contributed by atoms with Crippen molar-refractivity contribution < 1.29 is 14.0 Å². The van der Waals surface area contributed by atoms with Crippen LogP contribution in [0.4, 0.5) is 0 Å². The average molecular weight is 306 g/mol. The van der Waals surface area contributed by atoms with E-state index < -0.39 is 11.8 Å². The van der Waals surface area contributed by atoms with Gasteiger partial charge in [-0.1, -0.05) is 23.7 Å². The van der Waals surface area contributed by atoms with Gasteiger partial charge in [-0.25, -0.2) is 5.43 Å². The van der Waals surface area contributed by atoms with Gasteiger partial charge in [-0.2, -0.15) is 5.10 Å². The molecule has 1 aromatic carbocycles. The van der Waals surface area contributed by atoms with Gasteiger partial charge in [0, 0.05) is 5.02 Å². The van der Waals surface area contributed by atoms with Gasteiger partial charge in [0.25, 0.3) is 0 Å². The van der Waals surface area contributed by atoms with Crippen molar-refractivity contribution in [2.75, 3.05) is 0 Å². The Morgan fingerprint density at radius 1 is 1.19 bits per heavy atom. The third kappa shape index (κ3) is 4.77. The standard InChI is InChI=1S/C14H12ClN3O3/c15-11-5-3-10(4-6-11)8-17-18-14(20)13(19)16-9-12-2-1-7-21-12/h1-8H,9H2,(H,16,19)(H,18,20)/b17-8+. The van der Waals surface area contributed by atoms with E-state index in [-0.39, 0.29) is 6.54 Å². The van der Waals surface area contributed by atoms with Crippen molar-refractivity contribution in [1.82, 2.24) is 10.7 Å². The summed E-state index contributed by atoms with van der Waals surface area (Å²) in [6.45, 7) is 0.139. The molecule has 2 N–H and O–H groups in total. The largest absolute Gasteiger partial charge is 0.467 e. The first-order chi connectivity index (χ1) is 10.1. The van der Waals surface area contributed by atoms with Crippen LogP contribution in [0, 0.1) is 0 Å². The van der Waals surface area contributed by atoms with Crippen LogP contribution in [0.3, 0.4) is 0 Å². The molecule has 0 unspecified atom stereocenters. The van der Waals surface area contributed by atoms with Gasteiger partial charge in [0.2, 0.25) is 0 Å². The molecule has 1 heterocycles. The minimum absolute atomic E-state index is 0.139. The van der Waals surface area contributed by atoms with E-state index in [1.807, 2.05) is 0 Å². The molecule has 108 valence electrons. The zero-order valence-electron chi connectivity index (χ0n) is 10.9. The maximum atomic E-state index is 11.5. The number of hydrazone groups is 1. The number of nitrogens with zero attached hydrogens (tertiary/aromatic N) is 1. The minimum Gasteiger partial charge on any atom is -0.467 e. The van der Waals surface area contributed by atoms with Gasteiger partial charge in [0.1, 0.15) is 5.76 Å². The Hall–Kier alpha value is -2.60. The quantitative estimate of drug-likeness (QED) is 0.512. The third-order valence-electron chi connectivity index (χ3n) is 2.46. The van der Waals surface area contributed by atoms with Crippen molar-refractivity contribution in [2.24, 2.45) is 5.10 Å². The zero-order chi connectivity index (χ0) is 15.1. The first-order valence-electron chi connectivity index (χ1n) is 6.04. The molecule has 2 aromatic rings. The molecule has 0 spiro atoms. The molecule has 21 heavy (non-hydrogen) atoms. The highest BCUT2D eigenvalue weighted by Crippen LogP contribution is 2.07. The second-order valence-corrected chi connectivity index (χ2v) is 4.45. The summed E-state index contributed by atoms with van der Waals surface area (Å²) in [5.41, 5.74) is 2.88. The van der Waals surface area contributed by atoms with Crippen molar-refractivity contribution >= 4 is 29.6 Å². The number of furan rings is 1. The molecule has 0 aliphatic heterocycles. The van der Waals surface area contributed by atoms with Crippen LogP contribution < -0.4 is 10.7 Å². The second-order valence-electron chi connectivity index (χ2n) is 4.01. The summed E-state index contributed by atoms with van der Waals surface area (Å²) in [5, 5.41) is 6.70. The van der Waals surface area contributed by atoms with Gasteiger partial charge in [-0.05, 0) is 29.8 Å². The molecule has 0 aliphatic rings. The van der Waals surface area contributed by atoms with Crippen molar-refractivity contribution in [3.8, 4) is 0 Å². The summed E-state index contributed by atoms with van der Waals surface area (Å²) in [5.74, 6) is -1.09. The molecule has 6 nitrogen and oxygen atoms in total. The lowest BCUT2D eigenvalue weighted by molar-refractivity contribution is -0.139. The van der Waals surface area contributed by atoms with Crippen LogP contribution in [0.1, 0.15) is 11.3 Å². The van der Waals surface area contributed by atoms with Crippen molar-refractivity contribution in [3.05, 3.63) is 59.0 Å². The Kier molecular flexibility index (Phi) is 5.11. The third-order valence-corrected chi connectivity index (χ3v) is 2.71. The molecule has 0 atom stereocenters. The van der Waals surface area contributed by atoms with E-state index in [1.165, 1.54) is 12.5 Å². The summed E-state index contributed by atoms with van der Waals surface area (Å²) in [6, 6.07) is 10.2. The molecule has 0 fully saturated rings. The Labute approximate surface area is 125 Å². The molecule has 7 heteroatoms. The van der Waals surface area contributed by atoms with E-state index in [1.54, 1.807) is 36.4 Å². The van der Waals surface area contributed by atoms with E-state index in [0.29, 0.717) is 10.8 Å². The molecule has 0 saturated heterocycles. The highest BCUT2D eigenvalue weighted by Gasteiger charge is 2.12. The van der Waals surface area contributed by atoms with Crippen LogP contribution in [-0.4, -0.2) is 18.0 Å². The predicted octanol–water partition coefficient (Wildman–Crippen LogP) is 1.70. The number of halogens is 1. The van der Waals surface area contributed by atoms with Gasteiger partial charge >= 0.3 is 11.8 Å². The van der Waals surface area contributed by atoms with Gasteiger partial charge in [-0.15, -0.1) is 0 Å². The van der Waals surface area contributed by atoms with E-state index >= 15 is 0 Å². The molecule has 0 bridgehead atoms. The molecule has 2 rings (SSSR count). The molecule has 0 aliphatic carbocycles. The molecule has 1 aromatic heterocycles. The number of carbonyl (C=O) groups excluding carboxylic acids is 2. The fourth-order valence-electron chi connectivity index (χ4n) is 1.43. The topological polar surface area (TPSA) is 83.7 Å². The molecular weight excluding hydrogens is 294 g/mol. The average Bonchev–Trinajstić information content (AvgIpc) is 3.00. The number of rotatable bonds is 4. The highest BCUT2D eigenvalue weighted by atomic mass is 35.5. The van der Waals surface area contributed by atoms with E-state index in [9.17, 15) is 9.59 Å². The summed E-state index contributed by atoms with van der Waals surface area (Å²) < 4.78 is 5.03. The Morgan fingerprint density at radius 3 is 2.62 bits per heavy atom. The number of carbonyl (C=O) groups is 2. The van der Waals surface area contributed by atoms with Crippen molar-refractivity contribution in [2.45, 2.75) is 6.54 Å². The second kappa shape index (κ2) is 7.25. The van der Waals surface area contributed by atoms with Gasteiger partial charge < -0.3 is 9.73 Å². The van der Waals surface area contributed by atoms with Crippen molar-refractivity contribution in [1.29, 1.82) is 0 Å². The van der Waals surface area contributed by atoms with Crippen LogP contribution >= 0.6 is 11.6 Å². The summed E-state index contributed by atoms with van der Waals surface area (Å²) in [7, 11) is 0. The van der Waals surface area contributed by atoms with Gasteiger partial charge in [0.05, 0.1) is 19.0 Å². The lowest BCUT2D eigenvalue weighted by atomic mass is 10.2. The highest BCUT2D eigenvalue weighted by molar-refractivity contribution is 6.35. The summed E-state index contributed by atoms with van der Waals surface area (Å²) >= 11 is 5.74. The summed E-state index contributed by atoms with van der Waals surface area (Å²) in [4.78, 5) is 22.9. The van der Waals surface area contributed by atoms with Crippen LogP contribution in [0.5, 0.6) is 0 Å². The lowest BCUT2D eigenvalue weighted by Gasteiger charge is -2.01. The van der Waals surface area contributed by atoms with Crippen LogP contribution in [-0.2, 0) is 16.1 Å². The maximum Gasteiger partial charge on any atom is 0.329 e. The Balaban J connectivity index is 1.78. The molecule has 0 radical (unpaired) electrons. The number of hydrogen-bond donors (Lipinski definition) is 2. The smallest absolute Gasteiger partial charge is 0.329 e. The molecular formula is C14H12ClN3O3. The predicted molar refractivity (Wildman–Crippen MR) is 77.7 cm³/mol. The number of benzene rings is 1. The monoisotopic (exact) mass is 305 g/mol. The lowest BCUT2D eigenvalue weighted by Crippen LogP contribution is -2.37. The Morgan fingerprint density at radius 2 is 1.95 bits per heavy atom. The normalized spacial score (nSPS) is 10.5. The van der Waals surface area contributed by atoms with Crippen LogP contribution in [0.2, 0.25) is 5.02 Å². The van der Waals surface area contributed by atoms with Crippen molar-refractivity contribution in [3.63, 3.8) is 0 Å². The Bertz CT molecular complexity index is 636. The maximum absolute atomic E-state index is 11.5. The van der Waals surface area contributed by atoms with E-state index in [2.05, 4.69) is 15.8 Å². The van der Waals surface area contributed by atoms with Crippen LogP contribution in [0.15, 0.2) is 52.2 Å². The zero-order valence-corrected chi connectivity index (χ0v) is 11.6.